The van der Waals surface area contributed by atoms with E-state index in [0.29, 0.717) is 12.6 Å². The molecule has 18 heavy (non-hydrogen) atoms. The summed E-state index contributed by atoms with van der Waals surface area (Å²) in [6.07, 6.45) is 2.33. The van der Waals surface area contributed by atoms with E-state index in [1.807, 2.05) is 5.51 Å². The van der Waals surface area contributed by atoms with Crippen molar-refractivity contribution in [3.8, 4) is 0 Å². The summed E-state index contributed by atoms with van der Waals surface area (Å²) in [7, 11) is 2.17. The lowest BCUT2D eigenvalue weighted by Gasteiger charge is -2.45. The van der Waals surface area contributed by atoms with Gasteiger partial charge in [-0.05, 0) is 33.7 Å². The van der Waals surface area contributed by atoms with Gasteiger partial charge in [0, 0.05) is 30.1 Å². The summed E-state index contributed by atoms with van der Waals surface area (Å²) in [6.45, 7) is 6.64. The summed E-state index contributed by atoms with van der Waals surface area (Å²) >= 11 is 1.73. The Morgan fingerprint density at radius 3 is 3.00 bits per heavy atom. The van der Waals surface area contributed by atoms with Gasteiger partial charge in [0.2, 0.25) is 0 Å². The van der Waals surface area contributed by atoms with Gasteiger partial charge < -0.3 is 10.5 Å². The van der Waals surface area contributed by atoms with Crippen LogP contribution in [-0.4, -0.2) is 41.7 Å². The SMILES string of the molecule is Cc1ncsc1CN(C)C1(CN)CCOC(C)C1. The maximum Gasteiger partial charge on any atom is 0.0798 e. The van der Waals surface area contributed by atoms with Gasteiger partial charge in [-0.25, -0.2) is 4.98 Å². The number of rotatable bonds is 4. The van der Waals surface area contributed by atoms with E-state index in [9.17, 15) is 0 Å². The van der Waals surface area contributed by atoms with Crippen LogP contribution in [0.4, 0.5) is 0 Å². The van der Waals surface area contributed by atoms with E-state index in [4.69, 9.17) is 10.5 Å². The van der Waals surface area contributed by atoms with Gasteiger partial charge in [0.1, 0.15) is 0 Å². The summed E-state index contributed by atoms with van der Waals surface area (Å²) in [5.74, 6) is 0. The Labute approximate surface area is 113 Å². The van der Waals surface area contributed by atoms with Gasteiger partial charge in [0.05, 0.1) is 17.3 Å². The highest BCUT2D eigenvalue weighted by atomic mass is 32.1. The molecule has 2 unspecified atom stereocenters. The Bertz CT molecular complexity index is 395. The normalized spacial score (nSPS) is 28.8. The molecule has 0 radical (unpaired) electrons. The van der Waals surface area contributed by atoms with Crippen molar-refractivity contribution in [3.63, 3.8) is 0 Å². The first-order chi connectivity index (χ1) is 8.57. The second-order valence-electron chi connectivity index (χ2n) is 5.28. The van der Waals surface area contributed by atoms with E-state index < -0.39 is 0 Å². The van der Waals surface area contributed by atoms with Gasteiger partial charge in [-0.1, -0.05) is 0 Å². The number of likely N-dealkylation sites (N-methyl/N-ethyl adjacent to an activating group) is 1. The molecule has 5 heteroatoms. The molecule has 2 N–H and O–H groups in total. The molecule has 1 aliphatic heterocycles. The Kier molecular flexibility index (Phi) is 4.37. The number of aromatic nitrogens is 1. The molecule has 2 heterocycles. The third-order valence-corrected chi connectivity index (χ3v) is 4.97. The third kappa shape index (κ3) is 2.74. The van der Waals surface area contributed by atoms with Crippen LogP contribution in [0.3, 0.4) is 0 Å². The first-order valence-electron chi connectivity index (χ1n) is 6.49. The number of hydrogen-bond donors (Lipinski definition) is 1. The van der Waals surface area contributed by atoms with E-state index in [0.717, 1.165) is 31.7 Å². The second kappa shape index (κ2) is 5.65. The predicted octanol–water partition coefficient (Wildman–Crippen LogP) is 1.78. The molecule has 0 spiro atoms. The summed E-state index contributed by atoms with van der Waals surface area (Å²) in [6, 6.07) is 0. The van der Waals surface area contributed by atoms with Crippen molar-refractivity contribution in [1.82, 2.24) is 9.88 Å². The van der Waals surface area contributed by atoms with Crippen LogP contribution < -0.4 is 5.73 Å². The lowest BCUT2D eigenvalue weighted by Crippen LogP contribution is -2.56. The number of nitrogens with zero attached hydrogens (tertiary/aromatic N) is 2. The minimum Gasteiger partial charge on any atom is -0.378 e. The molecule has 1 aromatic heterocycles. The van der Waals surface area contributed by atoms with Crippen molar-refractivity contribution in [2.45, 2.75) is 44.9 Å². The van der Waals surface area contributed by atoms with Crippen LogP contribution >= 0.6 is 11.3 Å². The van der Waals surface area contributed by atoms with Gasteiger partial charge in [-0.3, -0.25) is 4.90 Å². The van der Waals surface area contributed by atoms with Gasteiger partial charge in [0.15, 0.2) is 0 Å². The number of hydrogen-bond acceptors (Lipinski definition) is 5. The summed E-state index contributed by atoms with van der Waals surface area (Å²) < 4.78 is 5.65. The average molecular weight is 269 g/mol. The largest absolute Gasteiger partial charge is 0.378 e. The van der Waals surface area contributed by atoms with Crippen LogP contribution in [0.25, 0.3) is 0 Å². The van der Waals surface area contributed by atoms with E-state index >= 15 is 0 Å². The highest BCUT2D eigenvalue weighted by molar-refractivity contribution is 7.09. The summed E-state index contributed by atoms with van der Waals surface area (Å²) in [5.41, 5.74) is 9.19. The molecule has 2 rings (SSSR count). The van der Waals surface area contributed by atoms with Crippen LogP contribution in [0.15, 0.2) is 5.51 Å². The number of nitrogens with two attached hydrogens (primary N) is 1. The van der Waals surface area contributed by atoms with E-state index in [2.05, 4.69) is 30.8 Å². The van der Waals surface area contributed by atoms with Gasteiger partial charge >= 0.3 is 0 Å². The van der Waals surface area contributed by atoms with Crippen molar-refractivity contribution in [2.75, 3.05) is 20.2 Å². The average Bonchev–Trinajstić information content (AvgIpc) is 2.75. The fourth-order valence-corrected chi connectivity index (χ4v) is 3.52. The van der Waals surface area contributed by atoms with Crippen molar-refractivity contribution in [2.24, 2.45) is 5.73 Å². The monoisotopic (exact) mass is 269 g/mol. The zero-order valence-corrected chi connectivity index (χ0v) is 12.3. The molecular weight excluding hydrogens is 246 g/mol. The van der Waals surface area contributed by atoms with Crippen molar-refractivity contribution in [3.05, 3.63) is 16.1 Å². The molecular formula is C13H23N3OS. The summed E-state index contributed by atoms with van der Waals surface area (Å²) in [5, 5.41) is 0. The van der Waals surface area contributed by atoms with Crippen LogP contribution in [0.5, 0.6) is 0 Å². The zero-order valence-electron chi connectivity index (χ0n) is 11.5. The van der Waals surface area contributed by atoms with Gasteiger partial charge in [-0.15, -0.1) is 11.3 Å². The molecule has 0 aliphatic carbocycles. The molecule has 1 aliphatic rings. The molecule has 1 fully saturated rings. The smallest absolute Gasteiger partial charge is 0.0798 e. The van der Waals surface area contributed by atoms with Crippen molar-refractivity contribution < 1.29 is 4.74 Å². The van der Waals surface area contributed by atoms with E-state index in [1.165, 1.54) is 4.88 Å². The van der Waals surface area contributed by atoms with Gasteiger partial charge in [-0.2, -0.15) is 0 Å². The molecule has 0 saturated carbocycles. The van der Waals surface area contributed by atoms with Crippen LogP contribution in [-0.2, 0) is 11.3 Å². The Hall–Kier alpha value is -0.490. The number of thiazole rings is 1. The highest BCUT2D eigenvalue weighted by Gasteiger charge is 2.38. The number of aryl methyl sites for hydroxylation is 1. The molecule has 1 aromatic rings. The molecule has 102 valence electrons. The summed E-state index contributed by atoms with van der Waals surface area (Å²) in [4.78, 5) is 8.05. The Balaban J connectivity index is 2.09. The molecule has 4 nitrogen and oxygen atoms in total. The molecule has 2 atom stereocenters. The molecule has 0 bridgehead atoms. The topological polar surface area (TPSA) is 51.4 Å². The van der Waals surface area contributed by atoms with Crippen molar-refractivity contribution >= 4 is 11.3 Å². The third-order valence-electron chi connectivity index (χ3n) is 4.05. The van der Waals surface area contributed by atoms with E-state index in [-0.39, 0.29) is 5.54 Å². The lowest BCUT2D eigenvalue weighted by atomic mass is 9.85. The Morgan fingerprint density at radius 2 is 2.44 bits per heavy atom. The maximum atomic E-state index is 6.06. The quantitative estimate of drug-likeness (QED) is 0.905. The van der Waals surface area contributed by atoms with Crippen LogP contribution in [0.1, 0.15) is 30.3 Å². The maximum absolute atomic E-state index is 6.06. The molecule has 0 aromatic carbocycles. The van der Waals surface area contributed by atoms with Gasteiger partial charge in [0.25, 0.3) is 0 Å². The lowest BCUT2D eigenvalue weighted by molar-refractivity contribution is -0.0581. The number of ether oxygens (including phenoxy) is 1. The zero-order chi connectivity index (χ0) is 13.2. The Morgan fingerprint density at radius 1 is 1.67 bits per heavy atom. The highest BCUT2D eigenvalue weighted by Crippen LogP contribution is 2.31. The second-order valence-corrected chi connectivity index (χ2v) is 6.22. The fourth-order valence-electron chi connectivity index (χ4n) is 2.70. The van der Waals surface area contributed by atoms with Crippen LogP contribution in [0, 0.1) is 6.92 Å². The van der Waals surface area contributed by atoms with Crippen molar-refractivity contribution in [1.29, 1.82) is 0 Å². The standard InChI is InChI=1S/C13H23N3OS/c1-10-6-13(8-14,4-5-17-10)16(3)7-12-11(2)15-9-18-12/h9-10H,4-8,14H2,1-3H3. The first kappa shape index (κ1) is 13.9. The minimum atomic E-state index is 0.0775. The predicted molar refractivity (Wildman–Crippen MR) is 74.8 cm³/mol. The molecule has 1 saturated heterocycles. The fraction of sp³-hybridized carbons (Fsp3) is 0.769. The van der Waals surface area contributed by atoms with E-state index in [1.54, 1.807) is 11.3 Å². The first-order valence-corrected chi connectivity index (χ1v) is 7.37. The molecule has 0 amide bonds. The minimum absolute atomic E-state index is 0.0775. The van der Waals surface area contributed by atoms with Crippen LogP contribution in [0.2, 0.25) is 0 Å².